The van der Waals surface area contributed by atoms with Gasteiger partial charge >= 0.3 is 6.09 Å². The standard InChI is InChI=1S/C15H25NO2/c1-6-10-13(7-2)11-8-9-12-16-14(17)18-15(3,4)5/h10H,6-7,9,12H2,1-5H3,(H,16,17)/b13-10+. The second-order valence-corrected chi connectivity index (χ2v) is 4.97. The molecule has 3 nitrogen and oxygen atoms in total. The van der Waals surface area contributed by atoms with Crippen LogP contribution in [0.3, 0.4) is 0 Å². The molecule has 0 unspecified atom stereocenters. The van der Waals surface area contributed by atoms with Gasteiger partial charge in [0, 0.05) is 13.0 Å². The number of hydrogen-bond acceptors (Lipinski definition) is 2. The molecule has 0 heterocycles. The summed E-state index contributed by atoms with van der Waals surface area (Å²) in [6.07, 6.45) is 4.35. The number of carbonyl (C=O) groups excluding carboxylic acids is 1. The van der Waals surface area contributed by atoms with Crippen molar-refractivity contribution in [2.24, 2.45) is 0 Å². The van der Waals surface area contributed by atoms with Crippen molar-refractivity contribution in [1.82, 2.24) is 5.32 Å². The molecule has 0 saturated carbocycles. The molecule has 0 aromatic heterocycles. The van der Waals surface area contributed by atoms with Gasteiger partial charge in [0.2, 0.25) is 0 Å². The third-order valence-corrected chi connectivity index (χ3v) is 2.00. The lowest BCUT2D eigenvalue weighted by molar-refractivity contribution is 0.0529. The molecular formula is C15H25NO2. The van der Waals surface area contributed by atoms with E-state index in [1.54, 1.807) is 0 Å². The van der Waals surface area contributed by atoms with Crippen molar-refractivity contribution >= 4 is 6.09 Å². The highest BCUT2D eigenvalue weighted by atomic mass is 16.6. The Bertz CT molecular complexity index is 340. The summed E-state index contributed by atoms with van der Waals surface area (Å²) in [5.41, 5.74) is 0.712. The van der Waals surface area contributed by atoms with Gasteiger partial charge in [-0.2, -0.15) is 0 Å². The van der Waals surface area contributed by atoms with Crippen LogP contribution in [0.1, 0.15) is 53.9 Å². The molecule has 0 radical (unpaired) electrons. The Morgan fingerprint density at radius 2 is 2.00 bits per heavy atom. The average Bonchev–Trinajstić information content (AvgIpc) is 2.24. The van der Waals surface area contributed by atoms with Gasteiger partial charge in [0.25, 0.3) is 0 Å². The fourth-order valence-electron chi connectivity index (χ4n) is 1.25. The average molecular weight is 251 g/mol. The summed E-state index contributed by atoms with van der Waals surface area (Å²) in [4.78, 5) is 11.3. The molecule has 1 amide bonds. The van der Waals surface area contributed by atoms with Crippen LogP contribution in [0.4, 0.5) is 4.79 Å². The maximum Gasteiger partial charge on any atom is 0.407 e. The Morgan fingerprint density at radius 3 is 2.50 bits per heavy atom. The van der Waals surface area contributed by atoms with Gasteiger partial charge < -0.3 is 10.1 Å². The van der Waals surface area contributed by atoms with E-state index in [1.165, 1.54) is 0 Å². The third-order valence-electron chi connectivity index (χ3n) is 2.00. The predicted octanol–water partition coefficient (Wildman–Crippen LogP) is 3.65. The number of allylic oxidation sites excluding steroid dienone is 2. The van der Waals surface area contributed by atoms with Gasteiger partial charge in [-0.15, -0.1) is 0 Å². The number of carbonyl (C=O) groups is 1. The molecule has 0 aliphatic carbocycles. The molecule has 0 aromatic rings. The lowest BCUT2D eigenvalue weighted by atomic mass is 10.2. The molecule has 0 saturated heterocycles. The summed E-state index contributed by atoms with van der Waals surface area (Å²) in [6, 6.07) is 0. The zero-order valence-electron chi connectivity index (χ0n) is 12.2. The number of alkyl carbamates (subject to hydrolysis) is 1. The Kier molecular flexibility index (Phi) is 7.94. The van der Waals surface area contributed by atoms with Crippen LogP contribution in [0.2, 0.25) is 0 Å². The van der Waals surface area contributed by atoms with Crippen molar-refractivity contribution in [3.05, 3.63) is 11.6 Å². The lowest BCUT2D eigenvalue weighted by Crippen LogP contribution is -2.32. The number of rotatable bonds is 4. The second kappa shape index (κ2) is 8.63. The van der Waals surface area contributed by atoms with Crippen molar-refractivity contribution in [3.63, 3.8) is 0 Å². The summed E-state index contributed by atoms with van der Waals surface area (Å²) in [5.74, 6) is 6.16. The van der Waals surface area contributed by atoms with E-state index < -0.39 is 5.60 Å². The number of amides is 1. The van der Waals surface area contributed by atoms with Crippen LogP contribution in [0.5, 0.6) is 0 Å². The fourth-order valence-corrected chi connectivity index (χ4v) is 1.25. The predicted molar refractivity (Wildman–Crippen MR) is 75.3 cm³/mol. The van der Waals surface area contributed by atoms with Crippen molar-refractivity contribution in [3.8, 4) is 11.8 Å². The molecule has 0 fully saturated rings. The van der Waals surface area contributed by atoms with E-state index in [-0.39, 0.29) is 6.09 Å². The molecule has 102 valence electrons. The third kappa shape index (κ3) is 9.77. The van der Waals surface area contributed by atoms with Gasteiger partial charge in [0.15, 0.2) is 0 Å². The van der Waals surface area contributed by atoms with Crippen LogP contribution < -0.4 is 5.32 Å². The van der Waals surface area contributed by atoms with Gasteiger partial charge in [0.1, 0.15) is 5.60 Å². The second-order valence-electron chi connectivity index (χ2n) is 4.97. The van der Waals surface area contributed by atoms with Crippen molar-refractivity contribution in [2.45, 2.75) is 59.5 Å². The summed E-state index contributed by atoms with van der Waals surface area (Å²) in [7, 11) is 0. The molecule has 3 heteroatoms. The summed E-state index contributed by atoms with van der Waals surface area (Å²) in [5, 5.41) is 2.68. The van der Waals surface area contributed by atoms with Crippen LogP contribution in [0, 0.1) is 11.8 Å². The van der Waals surface area contributed by atoms with Gasteiger partial charge in [-0.3, -0.25) is 0 Å². The molecule has 0 bridgehead atoms. The van der Waals surface area contributed by atoms with Gasteiger partial charge in [-0.25, -0.2) is 4.79 Å². The quantitative estimate of drug-likeness (QED) is 0.612. The molecule has 0 aromatic carbocycles. The van der Waals surface area contributed by atoms with Crippen LogP contribution in [-0.4, -0.2) is 18.2 Å². The van der Waals surface area contributed by atoms with Crippen molar-refractivity contribution in [1.29, 1.82) is 0 Å². The minimum absolute atomic E-state index is 0.385. The SMILES string of the molecule is CC/C=C(/C#CCCNC(=O)OC(C)(C)C)CC. The zero-order chi connectivity index (χ0) is 14.0. The first-order valence-electron chi connectivity index (χ1n) is 6.53. The van der Waals surface area contributed by atoms with Gasteiger partial charge in [-0.05, 0) is 39.2 Å². The minimum Gasteiger partial charge on any atom is -0.444 e. The minimum atomic E-state index is -0.449. The number of ether oxygens (including phenoxy) is 1. The molecule has 0 spiro atoms. The molecule has 0 rings (SSSR count). The molecule has 0 aliphatic heterocycles. The smallest absolute Gasteiger partial charge is 0.407 e. The maximum atomic E-state index is 11.3. The Balaban J connectivity index is 3.90. The van der Waals surface area contributed by atoms with E-state index in [1.807, 2.05) is 20.8 Å². The van der Waals surface area contributed by atoms with Crippen LogP contribution >= 0.6 is 0 Å². The number of hydrogen-bond donors (Lipinski definition) is 1. The number of nitrogens with one attached hydrogen (secondary N) is 1. The van der Waals surface area contributed by atoms with Crippen LogP contribution in [0.15, 0.2) is 11.6 Å². The highest BCUT2D eigenvalue weighted by Crippen LogP contribution is 2.06. The topological polar surface area (TPSA) is 38.3 Å². The van der Waals surface area contributed by atoms with E-state index in [2.05, 4.69) is 37.1 Å². The Hall–Kier alpha value is -1.43. The summed E-state index contributed by atoms with van der Waals surface area (Å²) >= 11 is 0. The van der Waals surface area contributed by atoms with E-state index in [4.69, 9.17) is 4.74 Å². The first kappa shape index (κ1) is 16.6. The Labute approximate surface area is 111 Å². The highest BCUT2D eigenvalue weighted by molar-refractivity contribution is 5.67. The zero-order valence-corrected chi connectivity index (χ0v) is 12.2. The summed E-state index contributed by atoms with van der Waals surface area (Å²) < 4.78 is 5.12. The van der Waals surface area contributed by atoms with Crippen LogP contribution in [-0.2, 0) is 4.74 Å². The van der Waals surface area contributed by atoms with E-state index >= 15 is 0 Å². The van der Waals surface area contributed by atoms with E-state index in [0.29, 0.717) is 13.0 Å². The largest absolute Gasteiger partial charge is 0.444 e. The van der Waals surface area contributed by atoms with Crippen LogP contribution in [0.25, 0.3) is 0 Å². The molecule has 0 atom stereocenters. The summed E-state index contributed by atoms with van der Waals surface area (Å²) in [6.45, 7) is 10.2. The molecular weight excluding hydrogens is 226 g/mol. The lowest BCUT2D eigenvalue weighted by Gasteiger charge is -2.19. The fraction of sp³-hybridized carbons (Fsp3) is 0.667. The van der Waals surface area contributed by atoms with Crippen molar-refractivity contribution < 1.29 is 9.53 Å². The van der Waals surface area contributed by atoms with E-state index in [9.17, 15) is 4.79 Å². The first-order valence-corrected chi connectivity index (χ1v) is 6.53. The van der Waals surface area contributed by atoms with E-state index in [0.717, 1.165) is 18.4 Å². The molecule has 0 aliphatic rings. The molecule has 18 heavy (non-hydrogen) atoms. The highest BCUT2D eigenvalue weighted by Gasteiger charge is 2.15. The maximum absolute atomic E-state index is 11.3. The van der Waals surface area contributed by atoms with Gasteiger partial charge in [-0.1, -0.05) is 31.8 Å². The molecule has 1 N–H and O–H groups in total. The van der Waals surface area contributed by atoms with Crippen molar-refractivity contribution in [2.75, 3.05) is 6.54 Å². The first-order chi connectivity index (χ1) is 8.39. The Morgan fingerprint density at radius 1 is 1.33 bits per heavy atom. The monoisotopic (exact) mass is 251 g/mol. The van der Waals surface area contributed by atoms with Gasteiger partial charge in [0.05, 0.1) is 0 Å². The normalized spacial score (nSPS) is 11.5.